The number of aryl methyl sites for hydroxylation is 1. The van der Waals surface area contributed by atoms with E-state index in [4.69, 9.17) is 14.4 Å². The van der Waals surface area contributed by atoms with Crippen molar-refractivity contribution < 1.29 is 13.9 Å². The zero-order chi connectivity index (χ0) is 12.1. The van der Waals surface area contributed by atoms with E-state index in [0.29, 0.717) is 5.76 Å². The van der Waals surface area contributed by atoms with Crippen LogP contribution in [0.4, 0.5) is 0 Å². The van der Waals surface area contributed by atoms with Crippen LogP contribution in [0.2, 0.25) is 0 Å². The highest BCUT2D eigenvalue weighted by Crippen LogP contribution is 2.12. The Hall–Kier alpha value is -2.02. The molecule has 0 unspecified atom stereocenters. The van der Waals surface area contributed by atoms with Crippen LogP contribution in [-0.4, -0.2) is 12.1 Å². The Morgan fingerprint density at radius 3 is 2.69 bits per heavy atom. The number of hydrogen-bond acceptors (Lipinski definition) is 4. The largest absolute Gasteiger partial charge is 0.462 e. The van der Waals surface area contributed by atoms with E-state index in [1.165, 1.54) is 6.08 Å². The fourth-order valence-electron chi connectivity index (χ4n) is 1.09. The molecular formula is C12H13NO3. The van der Waals surface area contributed by atoms with Crippen molar-refractivity contribution in [2.75, 3.05) is 0 Å². The number of carbonyl (C=O) groups excluding carboxylic acids is 1. The van der Waals surface area contributed by atoms with Crippen LogP contribution in [0, 0.1) is 18.3 Å². The quantitative estimate of drug-likeness (QED) is 0.445. The molecule has 0 aliphatic heterocycles. The van der Waals surface area contributed by atoms with Crippen molar-refractivity contribution in [2.24, 2.45) is 0 Å². The van der Waals surface area contributed by atoms with Crippen LogP contribution in [0.5, 0.6) is 0 Å². The molecule has 1 rings (SSSR count). The van der Waals surface area contributed by atoms with Crippen LogP contribution in [0.3, 0.4) is 0 Å². The Labute approximate surface area is 94.1 Å². The van der Waals surface area contributed by atoms with Gasteiger partial charge in [0, 0.05) is 6.08 Å². The van der Waals surface area contributed by atoms with Crippen LogP contribution in [0.25, 0.3) is 6.08 Å². The highest BCUT2D eigenvalue weighted by Gasteiger charge is 2.13. The Bertz CT molecular complexity index is 449. The first-order valence-electron chi connectivity index (χ1n) is 4.92. The van der Waals surface area contributed by atoms with Crippen LogP contribution in [0.1, 0.15) is 25.4 Å². The van der Waals surface area contributed by atoms with Crippen molar-refractivity contribution in [3.8, 4) is 6.07 Å². The highest BCUT2D eigenvalue weighted by atomic mass is 16.5. The molecule has 0 aliphatic rings. The smallest absolute Gasteiger partial charge is 0.349 e. The maximum atomic E-state index is 11.4. The Morgan fingerprint density at radius 1 is 1.56 bits per heavy atom. The molecule has 0 atom stereocenters. The maximum absolute atomic E-state index is 11.4. The number of nitriles is 1. The molecule has 0 saturated heterocycles. The highest BCUT2D eigenvalue weighted by molar-refractivity contribution is 5.97. The Balaban J connectivity index is 2.87. The number of furan rings is 1. The van der Waals surface area contributed by atoms with E-state index in [1.807, 2.05) is 0 Å². The molecule has 0 aromatic carbocycles. The van der Waals surface area contributed by atoms with Gasteiger partial charge in [-0.15, -0.1) is 0 Å². The fraction of sp³-hybridized carbons (Fsp3) is 0.333. The van der Waals surface area contributed by atoms with Crippen molar-refractivity contribution in [2.45, 2.75) is 26.9 Å². The average molecular weight is 219 g/mol. The average Bonchev–Trinajstić information content (AvgIpc) is 2.59. The zero-order valence-corrected chi connectivity index (χ0v) is 9.48. The van der Waals surface area contributed by atoms with E-state index in [1.54, 1.807) is 39.0 Å². The molecule has 16 heavy (non-hydrogen) atoms. The molecule has 0 N–H and O–H groups in total. The second-order valence-electron chi connectivity index (χ2n) is 3.57. The van der Waals surface area contributed by atoms with E-state index in [0.717, 1.165) is 5.76 Å². The number of esters is 1. The van der Waals surface area contributed by atoms with E-state index in [9.17, 15) is 4.79 Å². The molecule has 1 aromatic rings. The lowest BCUT2D eigenvalue weighted by Crippen LogP contribution is -2.12. The van der Waals surface area contributed by atoms with Gasteiger partial charge in [0.2, 0.25) is 0 Å². The van der Waals surface area contributed by atoms with Gasteiger partial charge in [0.15, 0.2) is 0 Å². The molecule has 0 bridgehead atoms. The van der Waals surface area contributed by atoms with Crippen LogP contribution in [0.15, 0.2) is 22.1 Å². The van der Waals surface area contributed by atoms with Crippen molar-refractivity contribution in [3.63, 3.8) is 0 Å². The predicted molar refractivity (Wildman–Crippen MR) is 58.3 cm³/mol. The van der Waals surface area contributed by atoms with Crippen LogP contribution >= 0.6 is 0 Å². The lowest BCUT2D eigenvalue weighted by Gasteiger charge is -2.05. The molecule has 84 valence electrons. The summed E-state index contributed by atoms with van der Waals surface area (Å²) in [7, 11) is 0. The summed E-state index contributed by atoms with van der Waals surface area (Å²) in [4.78, 5) is 11.4. The zero-order valence-electron chi connectivity index (χ0n) is 9.48. The molecular weight excluding hydrogens is 206 g/mol. The van der Waals surface area contributed by atoms with E-state index in [2.05, 4.69) is 0 Å². The first kappa shape index (κ1) is 12.1. The summed E-state index contributed by atoms with van der Waals surface area (Å²) in [6, 6.07) is 5.24. The monoisotopic (exact) mass is 219 g/mol. The molecule has 0 saturated carbocycles. The summed E-state index contributed by atoms with van der Waals surface area (Å²) in [5, 5.41) is 8.82. The van der Waals surface area contributed by atoms with Gasteiger partial charge in [0.1, 0.15) is 23.2 Å². The number of rotatable bonds is 3. The van der Waals surface area contributed by atoms with Crippen molar-refractivity contribution in [1.29, 1.82) is 5.26 Å². The minimum absolute atomic E-state index is 0.0666. The standard InChI is InChI=1S/C12H13NO3/c1-8(2)15-12(14)10(7-13)6-11-5-4-9(3)16-11/h4-6,8H,1-3H3/b10-6-. The lowest BCUT2D eigenvalue weighted by molar-refractivity contribution is -0.142. The summed E-state index contributed by atoms with van der Waals surface area (Å²) in [6.07, 6.45) is 1.13. The third-order valence-corrected chi connectivity index (χ3v) is 1.73. The lowest BCUT2D eigenvalue weighted by atomic mass is 10.2. The Morgan fingerprint density at radius 2 is 2.25 bits per heavy atom. The molecule has 0 spiro atoms. The summed E-state index contributed by atoms with van der Waals surface area (Å²) >= 11 is 0. The maximum Gasteiger partial charge on any atom is 0.349 e. The molecule has 0 fully saturated rings. The predicted octanol–water partition coefficient (Wildman–Crippen LogP) is 2.45. The molecule has 0 amide bonds. The third kappa shape index (κ3) is 3.28. The molecule has 1 aromatic heterocycles. The van der Waals surface area contributed by atoms with Gasteiger partial charge in [-0.3, -0.25) is 0 Å². The fourth-order valence-corrected chi connectivity index (χ4v) is 1.09. The van der Waals surface area contributed by atoms with Crippen LogP contribution < -0.4 is 0 Å². The number of ether oxygens (including phenoxy) is 1. The van der Waals surface area contributed by atoms with Gasteiger partial charge in [-0.25, -0.2) is 4.79 Å². The summed E-state index contributed by atoms with van der Waals surface area (Å²) in [5.74, 6) is 0.557. The third-order valence-electron chi connectivity index (χ3n) is 1.73. The molecule has 0 radical (unpaired) electrons. The number of hydrogen-bond donors (Lipinski definition) is 0. The second kappa shape index (κ2) is 5.17. The van der Waals surface area contributed by atoms with Gasteiger partial charge < -0.3 is 9.15 Å². The summed E-state index contributed by atoms with van der Waals surface area (Å²) in [6.45, 7) is 5.24. The van der Waals surface area contributed by atoms with E-state index in [-0.39, 0.29) is 11.7 Å². The number of nitrogens with zero attached hydrogens (tertiary/aromatic N) is 1. The number of carbonyl (C=O) groups is 1. The van der Waals surface area contributed by atoms with Gasteiger partial charge >= 0.3 is 5.97 Å². The van der Waals surface area contributed by atoms with Crippen molar-refractivity contribution >= 4 is 12.0 Å². The van der Waals surface area contributed by atoms with Crippen LogP contribution in [-0.2, 0) is 9.53 Å². The van der Waals surface area contributed by atoms with Gasteiger partial charge in [-0.2, -0.15) is 5.26 Å². The minimum Gasteiger partial charge on any atom is -0.462 e. The first-order valence-corrected chi connectivity index (χ1v) is 4.92. The van der Waals surface area contributed by atoms with Gasteiger partial charge in [-0.1, -0.05) is 0 Å². The second-order valence-corrected chi connectivity index (χ2v) is 3.57. The molecule has 4 heteroatoms. The van der Waals surface area contributed by atoms with Gasteiger partial charge in [0.05, 0.1) is 6.10 Å². The minimum atomic E-state index is -0.633. The van der Waals surface area contributed by atoms with E-state index >= 15 is 0 Å². The Kier molecular flexibility index (Phi) is 3.90. The SMILES string of the molecule is Cc1ccc(/C=C(/C#N)C(=O)OC(C)C)o1. The van der Waals surface area contributed by atoms with Crippen molar-refractivity contribution in [3.05, 3.63) is 29.2 Å². The van der Waals surface area contributed by atoms with Crippen molar-refractivity contribution in [1.82, 2.24) is 0 Å². The van der Waals surface area contributed by atoms with Gasteiger partial charge in [0.25, 0.3) is 0 Å². The summed E-state index contributed by atoms with van der Waals surface area (Å²) < 4.78 is 10.1. The normalized spacial score (nSPS) is 11.3. The first-order chi connectivity index (χ1) is 7.52. The van der Waals surface area contributed by atoms with E-state index < -0.39 is 5.97 Å². The van der Waals surface area contributed by atoms with Gasteiger partial charge in [-0.05, 0) is 32.9 Å². The summed E-state index contributed by atoms with van der Waals surface area (Å²) in [5.41, 5.74) is -0.0666. The topological polar surface area (TPSA) is 63.2 Å². The molecule has 4 nitrogen and oxygen atoms in total. The molecule has 1 heterocycles. The molecule has 0 aliphatic carbocycles.